The lowest BCUT2D eigenvalue weighted by Gasteiger charge is -2.48. The van der Waals surface area contributed by atoms with Crippen LogP contribution in [0.4, 0.5) is 0 Å². The summed E-state index contributed by atoms with van der Waals surface area (Å²) in [5, 5.41) is 0. The molecule has 0 bridgehead atoms. The van der Waals surface area contributed by atoms with E-state index in [0.29, 0.717) is 23.3 Å². The predicted octanol–water partition coefficient (Wildman–Crippen LogP) is 12.8. The molecule has 0 amide bonds. The van der Waals surface area contributed by atoms with Gasteiger partial charge < -0.3 is 0 Å². The van der Waals surface area contributed by atoms with Gasteiger partial charge in [0.1, 0.15) is 50.6 Å². The van der Waals surface area contributed by atoms with Crippen LogP contribution in [0.2, 0.25) is 0 Å². The molecule has 0 saturated carbocycles. The summed E-state index contributed by atoms with van der Waals surface area (Å²) in [5.41, 5.74) is 17.3. The lowest BCUT2D eigenvalue weighted by atomic mass is 9.54. The highest BCUT2D eigenvalue weighted by Gasteiger charge is 2.49. The van der Waals surface area contributed by atoms with Gasteiger partial charge in [-0.3, -0.25) is 0 Å². The molecule has 0 unspecified atom stereocenters. The van der Waals surface area contributed by atoms with Crippen molar-refractivity contribution in [3.8, 4) is 90.1 Å². The van der Waals surface area contributed by atoms with Crippen LogP contribution in [0, 0.1) is 0 Å². The van der Waals surface area contributed by atoms with Crippen molar-refractivity contribution in [1.82, 2.24) is 59.8 Å². The first kappa shape index (κ1) is 45.6. The Kier molecular flexibility index (Phi) is 11.4. The third-order valence-electron chi connectivity index (χ3n) is 14.5. The highest BCUT2D eigenvalue weighted by atomic mass is 15.0. The minimum absolute atomic E-state index is 0.368. The Morgan fingerprint density at radius 2 is 0.474 bits per heavy atom. The molecule has 13 rings (SSSR count). The van der Waals surface area contributed by atoms with Crippen LogP contribution in [0.1, 0.15) is 47.2 Å². The van der Waals surface area contributed by atoms with E-state index in [-0.39, 0.29) is 5.41 Å². The zero-order valence-corrected chi connectivity index (χ0v) is 41.3. The number of hydrogen-bond acceptors (Lipinski definition) is 12. The van der Waals surface area contributed by atoms with E-state index in [2.05, 4.69) is 231 Å². The van der Waals surface area contributed by atoms with Crippen LogP contribution in [0.5, 0.6) is 0 Å². The van der Waals surface area contributed by atoms with Gasteiger partial charge in [0.15, 0.2) is 23.3 Å². The largest absolute Gasteiger partial charge is 0.225 e. The molecule has 8 aromatic carbocycles. The molecule has 4 heterocycles. The van der Waals surface area contributed by atoms with E-state index in [9.17, 15) is 0 Å². The quantitative estimate of drug-likeness (QED) is 0.128. The van der Waals surface area contributed by atoms with E-state index in [0.717, 1.165) is 77.9 Å². The third kappa shape index (κ3) is 8.14. The topological polar surface area (TPSA) is 155 Å². The summed E-state index contributed by atoms with van der Waals surface area (Å²) >= 11 is 0. The number of nitrogens with zero attached hydrogens (tertiary/aromatic N) is 12. The smallest absolute Gasteiger partial charge is 0.162 e. The zero-order valence-electron chi connectivity index (χ0n) is 41.3. The summed E-state index contributed by atoms with van der Waals surface area (Å²) in [4.78, 5) is 52.8. The first-order chi connectivity index (χ1) is 37.4. The average Bonchev–Trinajstić information content (AvgIpc) is 3.54. The lowest BCUT2D eigenvalue weighted by molar-refractivity contribution is 0.559. The number of benzene rings is 8. The van der Waals surface area contributed by atoms with Gasteiger partial charge in [-0.05, 0) is 139 Å². The third-order valence-corrected chi connectivity index (χ3v) is 14.5. The highest BCUT2D eigenvalue weighted by Crippen LogP contribution is 2.57. The SMILES string of the molecule is CC1(C)c2ccccc2C(c2cc(-c3cccc(-c4ncncn4)c3)cc(-c3cccc(-c4ncncn4)c3)c2)(c2cc(-c3cccc(-c4ncncn4)c3)cc(-c3cccc(-c4ncncn4)c3)c2)c2ccccc21. The van der Waals surface area contributed by atoms with Gasteiger partial charge in [-0.25, -0.2) is 59.8 Å². The predicted molar refractivity (Wildman–Crippen MR) is 294 cm³/mol. The Labute approximate surface area is 438 Å². The molecule has 12 heteroatoms. The molecule has 1 aliphatic rings. The molecule has 12 nitrogen and oxygen atoms in total. The average molecular weight is 981 g/mol. The fraction of sp³-hybridized carbons (Fsp3) is 0.0625. The number of hydrogen-bond donors (Lipinski definition) is 0. The normalized spacial score (nSPS) is 13.1. The van der Waals surface area contributed by atoms with E-state index >= 15 is 0 Å². The second-order valence-corrected chi connectivity index (χ2v) is 19.2. The number of fused-ring (bicyclic) bond motifs is 2. The van der Waals surface area contributed by atoms with Crippen molar-refractivity contribution >= 4 is 0 Å². The lowest BCUT2D eigenvalue weighted by Crippen LogP contribution is -2.42. The molecule has 0 fully saturated rings. The molecule has 0 N–H and O–H groups in total. The van der Waals surface area contributed by atoms with Crippen LogP contribution in [-0.2, 0) is 10.8 Å². The van der Waals surface area contributed by atoms with Gasteiger partial charge in [0, 0.05) is 27.7 Å². The molecule has 0 radical (unpaired) electrons. The molecule has 0 aliphatic heterocycles. The maximum atomic E-state index is 4.55. The van der Waals surface area contributed by atoms with Gasteiger partial charge in [-0.2, -0.15) is 0 Å². The Hall–Kier alpha value is -10.2. The van der Waals surface area contributed by atoms with E-state index in [4.69, 9.17) is 0 Å². The van der Waals surface area contributed by atoms with E-state index in [1.165, 1.54) is 72.9 Å². The van der Waals surface area contributed by atoms with Crippen molar-refractivity contribution in [1.29, 1.82) is 0 Å². The number of aromatic nitrogens is 12. The summed E-state index contributed by atoms with van der Waals surface area (Å²) in [6.07, 6.45) is 12.3. The minimum atomic E-state index is -0.923. The first-order valence-electron chi connectivity index (χ1n) is 24.8. The van der Waals surface area contributed by atoms with Gasteiger partial charge >= 0.3 is 0 Å². The van der Waals surface area contributed by atoms with Crippen molar-refractivity contribution in [3.05, 3.63) is 266 Å². The van der Waals surface area contributed by atoms with E-state index in [1.54, 1.807) is 0 Å². The molecule has 12 aromatic rings. The second-order valence-electron chi connectivity index (χ2n) is 19.2. The summed E-state index contributed by atoms with van der Waals surface area (Å²) < 4.78 is 0. The van der Waals surface area contributed by atoms with Crippen molar-refractivity contribution < 1.29 is 0 Å². The van der Waals surface area contributed by atoms with E-state index < -0.39 is 5.41 Å². The molecular formula is C64H44N12. The van der Waals surface area contributed by atoms with Gasteiger partial charge in [0.05, 0.1) is 5.41 Å². The van der Waals surface area contributed by atoms with Gasteiger partial charge in [0.25, 0.3) is 0 Å². The second kappa shape index (κ2) is 19.0. The molecule has 4 aromatic heterocycles. The van der Waals surface area contributed by atoms with Crippen LogP contribution in [0.15, 0.2) is 233 Å². The molecule has 360 valence electrons. The van der Waals surface area contributed by atoms with Gasteiger partial charge in [0.2, 0.25) is 0 Å². The van der Waals surface area contributed by atoms with Gasteiger partial charge in [-0.15, -0.1) is 0 Å². The van der Waals surface area contributed by atoms with Crippen molar-refractivity contribution in [2.75, 3.05) is 0 Å². The number of rotatable bonds is 10. The van der Waals surface area contributed by atoms with Crippen LogP contribution in [-0.4, -0.2) is 59.8 Å². The van der Waals surface area contributed by atoms with Crippen LogP contribution in [0.25, 0.3) is 90.1 Å². The van der Waals surface area contributed by atoms with Crippen LogP contribution < -0.4 is 0 Å². The Morgan fingerprint density at radius 1 is 0.237 bits per heavy atom. The highest BCUT2D eigenvalue weighted by molar-refractivity contribution is 5.84. The maximum Gasteiger partial charge on any atom is 0.162 e. The summed E-state index contributed by atoms with van der Waals surface area (Å²) in [5.74, 6) is 2.37. The molecule has 0 atom stereocenters. The standard InChI is InChI=1S/C64H44N12/c1-63(2)55-19-3-5-21-57(55)64(58-22-6-4-20-56(58)63,53-29-49(41-11-7-15-45(23-41)59-69-33-65-34-70-59)27-50(30-53)42-12-8-16-46(24-42)60-71-35-66-36-72-60)54-31-51(43-13-9-17-47(25-43)61-73-37-67-38-74-61)28-52(32-54)44-14-10-18-48(26-44)62-75-39-68-40-76-62/h3-40H,1-2H3. The first-order valence-corrected chi connectivity index (χ1v) is 24.8. The summed E-state index contributed by atoms with van der Waals surface area (Å²) in [7, 11) is 0. The molecule has 0 spiro atoms. The molecule has 1 aliphatic carbocycles. The zero-order chi connectivity index (χ0) is 51.1. The summed E-state index contributed by atoms with van der Waals surface area (Å²) in [6, 6.07) is 65.8. The fourth-order valence-electron chi connectivity index (χ4n) is 11.0. The fourth-order valence-corrected chi connectivity index (χ4v) is 11.0. The van der Waals surface area contributed by atoms with Crippen molar-refractivity contribution in [2.24, 2.45) is 0 Å². The maximum absolute atomic E-state index is 4.55. The van der Waals surface area contributed by atoms with Crippen LogP contribution >= 0.6 is 0 Å². The molecular weight excluding hydrogens is 937 g/mol. The van der Waals surface area contributed by atoms with Crippen molar-refractivity contribution in [2.45, 2.75) is 24.7 Å². The van der Waals surface area contributed by atoms with Gasteiger partial charge in [-0.1, -0.05) is 135 Å². The minimum Gasteiger partial charge on any atom is -0.225 e. The van der Waals surface area contributed by atoms with E-state index in [1.807, 2.05) is 24.3 Å². The van der Waals surface area contributed by atoms with Crippen molar-refractivity contribution in [3.63, 3.8) is 0 Å². The Morgan fingerprint density at radius 3 is 0.750 bits per heavy atom. The molecule has 0 saturated heterocycles. The van der Waals surface area contributed by atoms with Crippen LogP contribution in [0.3, 0.4) is 0 Å². The summed E-state index contributed by atoms with van der Waals surface area (Å²) in [6.45, 7) is 4.69. The Bertz CT molecular complexity index is 3630. The monoisotopic (exact) mass is 980 g/mol. The Balaban J connectivity index is 1.15. The molecule has 76 heavy (non-hydrogen) atoms.